The van der Waals surface area contributed by atoms with E-state index in [0.717, 1.165) is 0 Å². The highest BCUT2D eigenvalue weighted by Gasteiger charge is 2.30. The van der Waals surface area contributed by atoms with E-state index in [1.54, 1.807) is 4.90 Å². The fourth-order valence-electron chi connectivity index (χ4n) is 2.62. The molecule has 1 aromatic heterocycles. The first-order valence-corrected chi connectivity index (χ1v) is 7.68. The van der Waals surface area contributed by atoms with Crippen LogP contribution in [0.25, 0.3) is 0 Å². The van der Waals surface area contributed by atoms with Crippen LogP contribution in [0, 0.1) is 11.8 Å². The molecule has 0 aromatic carbocycles. The first-order valence-electron chi connectivity index (χ1n) is 7.68. The maximum Gasteiger partial charge on any atom is 0.239 e. The van der Waals surface area contributed by atoms with Crippen molar-refractivity contribution in [1.29, 1.82) is 0 Å². The maximum atomic E-state index is 12.2. The average molecular weight is 308 g/mol. The predicted molar refractivity (Wildman–Crippen MR) is 81.7 cm³/mol. The van der Waals surface area contributed by atoms with Crippen LogP contribution in [-0.2, 0) is 16.0 Å². The van der Waals surface area contributed by atoms with Gasteiger partial charge in [0.1, 0.15) is 5.82 Å². The second-order valence-corrected chi connectivity index (χ2v) is 6.11. The number of hydrogen-bond acceptors (Lipinski definition) is 5. The molecular formula is C14H24N6O2. The van der Waals surface area contributed by atoms with E-state index in [2.05, 4.69) is 34.3 Å². The molecule has 2 rings (SSSR count). The Labute approximate surface area is 129 Å². The summed E-state index contributed by atoms with van der Waals surface area (Å²) in [7, 11) is 0. The molecule has 1 saturated heterocycles. The third-order valence-corrected chi connectivity index (χ3v) is 3.67. The number of nitrogens with zero attached hydrogens (tertiary/aromatic N) is 3. The Bertz CT molecular complexity index is 527. The van der Waals surface area contributed by atoms with Crippen molar-refractivity contribution < 1.29 is 9.59 Å². The number of likely N-dealkylation sites (tertiary alicyclic amines) is 1. The number of carbonyl (C=O) groups excluding carboxylic acids is 2. The number of hydrogen-bond donors (Lipinski definition) is 3. The largest absolute Gasteiger partial charge is 0.367 e. The van der Waals surface area contributed by atoms with Crippen LogP contribution in [0.15, 0.2) is 0 Å². The molecule has 0 saturated carbocycles. The van der Waals surface area contributed by atoms with Crippen molar-refractivity contribution in [3.05, 3.63) is 5.82 Å². The van der Waals surface area contributed by atoms with Crippen LogP contribution in [-0.4, -0.2) is 51.5 Å². The zero-order valence-corrected chi connectivity index (χ0v) is 13.1. The number of nitrogen functional groups attached to an aromatic ring is 1. The zero-order chi connectivity index (χ0) is 16.1. The standard InChI is InChI=1S/C14H24N6O2/c1-9(2)7-20-8-10(3-4-12(20)21)13(22)16-6-5-11-17-14(15)19-18-11/h9-10H,3-8H2,1-2H3,(H,16,22)(H3,15,17,18,19). The smallest absolute Gasteiger partial charge is 0.239 e. The molecule has 22 heavy (non-hydrogen) atoms. The summed E-state index contributed by atoms with van der Waals surface area (Å²) in [5.41, 5.74) is 5.42. The number of carbonyl (C=O) groups is 2. The molecule has 4 N–H and O–H groups in total. The van der Waals surface area contributed by atoms with Crippen LogP contribution in [0.2, 0.25) is 0 Å². The lowest BCUT2D eigenvalue weighted by Gasteiger charge is -2.33. The van der Waals surface area contributed by atoms with Crippen LogP contribution in [0.4, 0.5) is 5.95 Å². The molecule has 0 bridgehead atoms. The molecular weight excluding hydrogens is 284 g/mol. The Hall–Kier alpha value is -2.12. The number of anilines is 1. The van der Waals surface area contributed by atoms with Gasteiger partial charge in [-0.1, -0.05) is 13.8 Å². The summed E-state index contributed by atoms with van der Waals surface area (Å²) in [6.07, 6.45) is 1.62. The van der Waals surface area contributed by atoms with E-state index in [1.165, 1.54) is 0 Å². The molecule has 0 spiro atoms. The second kappa shape index (κ2) is 7.24. The predicted octanol–water partition coefficient (Wildman–Crippen LogP) is -0.0598. The minimum atomic E-state index is -0.128. The number of aromatic nitrogens is 3. The van der Waals surface area contributed by atoms with E-state index in [1.807, 2.05) is 0 Å². The number of amides is 2. The summed E-state index contributed by atoms with van der Waals surface area (Å²) in [6.45, 7) is 5.83. The minimum Gasteiger partial charge on any atom is -0.367 e. The van der Waals surface area contributed by atoms with Gasteiger partial charge in [-0.05, 0) is 12.3 Å². The number of H-pyrrole nitrogens is 1. The molecule has 1 aromatic rings. The number of aromatic amines is 1. The van der Waals surface area contributed by atoms with Gasteiger partial charge in [-0.3, -0.25) is 14.7 Å². The third kappa shape index (κ3) is 4.44. The van der Waals surface area contributed by atoms with Crippen LogP contribution < -0.4 is 11.1 Å². The number of rotatable bonds is 6. The topological polar surface area (TPSA) is 117 Å². The van der Waals surface area contributed by atoms with Crippen LogP contribution in [0.1, 0.15) is 32.5 Å². The van der Waals surface area contributed by atoms with Gasteiger partial charge in [0.05, 0.1) is 5.92 Å². The maximum absolute atomic E-state index is 12.2. The van der Waals surface area contributed by atoms with Gasteiger partial charge >= 0.3 is 0 Å². The number of nitrogens with two attached hydrogens (primary N) is 1. The Kier molecular flexibility index (Phi) is 5.35. The third-order valence-electron chi connectivity index (χ3n) is 3.67. The summed E-state index contributed by atoms with van der Waals surface area (Å²) >= 11 is 0. The monoisotopic (exact) mass is 308 g/mol. The lowest BCUT2D eigenvalue weighted by Crippen LogP contribution is -2.47. The van der Waals surface area contributed by atoms with Gasteiger partial charge in [-0.2, -0.15) is 4.98 Å². The van der Waals surface area contributed by atoms with Crippen molar-refractivity contribution >= 4 is 17.8 Å². The van der Waals surface area contributed by atoms with E-state index in [0.29, 0.717) is 50.6 Å². The fraction of sp³-hybridized carbons (Fsp3) is 0.714. The molecule has 2 amide bonds. The molecule has 1 atom stereocenters. The van der Waals surface area contributed by atoms with Crippen molar-refractivity contribution in [2.45, 2.75) is 33.1 Å². The van der Waals surface area contributed by atoms with E-state index in [-0.39, 0.29) is 23.7 Å². The van der Waals surface area contributed by atoms with Gasteiger partial charge in [0.2, 0.25) is 17.8 Å². The quantitative estimate of drug-likeness (QED) is 0.680. The zero-order valence-electron chi connectivity index (χ0n) is 13.1. The Morgan fingerprint density at radius 2 is 2.32 bits per heavy atom. The van der Waals surface area contributed by atoms with E-state index >= 15 is 0 Å². The van der Waals surface area contributed by atoms with Crippen LogP contribution in [0.3, 0.4) is 0 Å². The molecule has 1 aliphatic rings. The number of nitrogens with one attached hydrogen (secondary N) is 2. The summed E-state index contributed by atoms with van der Waals surface area (Å²) in [4.78, 5) is 29.9. The highest BCUT2D eigenvalue weighted by molar-refractivity contribution is 5.83. The summed E-state index contributed by atoms with van der Waals surface area (Å²) < 4.78 is 0. The summed E-state index contributed by atoms with van der Waals surface area (Å²) in [6, 6.07) is 0. The van der Waals surface area contributed by atoms with Gasteiger partial charge < -0.3 is 16.0 Å². The summed E-state index contributed by atoms with van der Waals surface area (Å²) in [5, 5.41) is 9.33. The minimum absolute atomic E-state index is 0.00579. The van der Waals surface area contributed by atoms with Crippen molar-refractivity contribution in [2.24, 2.45) is 11.8 Å². The normalized spacial score (nSPS) is 18.8. The highest BCUT2D eigenvalue weighted by Crippen LogP contribution is 2.18. The Morgan fingerprint density at radius 1 is 1.55 bits per heavy atom. The first kappa shape index (κ1) is 16.3. The van der Waals surface area contributed by atoms with Crippen molar-refractivity contribution in [2.75, 3.05) is 25.4 Å². The molecule has 8 nitrogen and oxygen atoms in total. The molecule has 0 radical (unpaired) electrons. The van der Waals surface area contributed by atoms with Crippen molar-refractivity contribution in [3.8, 4) is 0 Å². The van der Waals surface area contributed by atoms with E-state index in [9.17, 15) is 9.59 Å². The van der Waals surface area contributed by atoms with Gasteiger partial charge in [0.25, 0.3) is 0 Å². The summed E-state index contributed by atoms with van der Waals surface area (Å²) in [5.74, 6) is 1.28. The Balaban J connectivity index is 1.78. The van der Waals surface area contributed by atoms with Crippen molar-refractivity contribution in [3.63, 3.8) is 0 Å². The van der Waals surface area contributed by atoms with Gasteiger partial charge in [0.15, 0.2) is 0 Å². The molecule has 0 aliphatic carbocycles. The second-order valence-electron chi connectivity index (χ2n) is 6.11. The first-order chi connectivity index (χ1) is 10.5. The molecule has 8 heteroatoms. The van der Waals surface area contributed by atoms with Gasteiger partial charge in [-0.25, -0.2) is 0 Å². The fourth-order valence-corrected chi connectivity index (χ4v) is 2.62. The van der Waals surface area contributed by atoms with Gasteiger partial charge in [-0.15, -0.1) is 5.10 Å². The van der Waals surface area contributed by atoms with Crippen LogP contribution in [0.5, 0.6) is 0 Å². The molecule has 1 fully saturated rings. The lowest BCUT2D eigenvalue weighted by atomic mass is 9.96. The lowest BCUT2D eigenvalue weighted by molar-refractivity contribution is -0.138. The van der Waals surface area contributed by atoms with Gasteiger partial charge in [0, 0.05) is 32.5 Å². The Morgan fingerprint density at radius 3 is 2.95 bits per heavy atom. The molecule has 2 heterocycles. The van der Waals surface area contributed by atoms with Crippen molar-refractivity contribution in [1.82, 2.24) is 25.4 Å². The van der Waals surface area contributed by atoms with E-state index in [4.69, 9.17) is 5.73 Å². The van der Waals surface area contributed by atoms with Crippen LogP contribution >= 0.6 is 0 Å². The number of piperidine rings is 1. The van der Waals surface area contributed by atoms with E-state index < -0.39 is 0 Å². The average Bonchev–Trinajstić information content (AvgIpc) is 2.86. The molecule has 122 valence electrons. The SMILES string of the molecule is CC(C)CN1CC(C(=O)NCCc2nc(N)n[nH]2)CCC1=O. The highest BCUT2D eigenvalue weighted by atomic mass is 16.2. The molecule has 1 aliphatic heterocycles. The molecule has 1 unspecified atom stereocenters.